The van der Waals surface area contributed by atoms with E-state index in [0.29, 0.717) is 0 Å². The highest BCUT2D eigenvalue weighted by atomic mass is 32.3. The van der Waals surface area contributed by atoms with Crippen LogP contribution in [0.15, 0.2) is 159 Å². The van der Waals surface area contributed by atoms with E-state index in [1.807, 2.05) is 0 Å². The molecule has 0 radical (unpaired) electrons. The van der Waals surface area contributed by atoms with E-state index in [0.717, 1.165) is 0 Å². The predicted octanol–water partition coefficient (Wildman–Crippen LogP) is 5.59. The molecule has 154 valence electrons. The first-order chi connectivity index (χ1) is 15.9. The molecule has 1 aliphatic rings. The highest BCUT2D eigenvalue weighted by Crippen LogP contribution is 2.73. The van der Waals surface area contributed by atoms with E-state index >= 15 is 0 Å². The molecule has 6 rings (SSSR count). The SMILES string of the molecule is c1ccc([SiH]2c3ccccc3S(c3ccccc3)(c3ccccc3)c3ccccc32)cc1. The van der Waals surface area contributed by atoms with E-state index in [2.05, 4.69) is 140 Å². The molecule has 0 saturated carbocycles. The maximum Gasteiger partial charge on any atom is 0.135 e. The van der Waals surface area contributed by atoms with Crippen molar-refractivity contribution in [3.8, 4) is 0 Å². The quantitative estimate of drug-likeness (QED) is 0.312. The van der Waals surface area contributed by atoms with Gasteiger partial charge in [-0.15, -0.1) is 10.0 Å². The molecule has 2 heteroatoms. The Morgan fingerprint density at radius 2 is 0.750 bits per heavy atom. The van der Waals surface area contributed by atoms with Crippen LogP contribution in [0, 0.1) is 0 Å². The monoisotopic (exact) mass is 444 g/mol. The molecule has 0 bridgehead atoms. The van der Waals surface area contributed by atoms with E-state index in [1.165, 1.54) is 24.8 Å². The minimum Gasteiger partial charge on any atom is -0.133 e. The van der Waals surface area contributed by atoms with Crippen molar-refractivity contribution in [2.45, 2.75) is 19.6 Å². The second kappa shape index (κ2) is 7.98. The average Bonchev–Trinajstić information content (AvgIpc) is 2.89. The average molecular weight is 445 g/mol. The van der Waals surface area contributed by atoms with Crippen molar-refractivity contribution in [3.05, 3.63) is 140 Å². The summed E-state index contributed by atoms with van der Waals surface area (Å²) in [6.07, 6.45) is 0. The van der Waals surface area contributed by atoms with Gasteiger partial charge in [0.1, 0.15) is 8.80 Å². The summed E-state index contributed by atoms with van der Waals surface area (Å²) >= 11 is 0. The van der Waals surface area contributed by atoms with Crippen molar-refractivity contribution < 1.29 is 0 Å². The Morgan fingerprint density at radius 1 is 0.375 bits per heavy atom. The third-order valence-corrected chi connectivity index (χ3v) is 14.2. The van der Waals surface area contributed by atoms with E-state index in [9.17, 15) is 0 Å². The molecule has 5 aromatic rings. The summed E-state index contributed by atoms with van der Waals surface area (Å²) in [7, 11) is -3.17. The fourth-order valence-corrected chi connectivity index (χ4v) is 14.0. The van der Waals surface area contributed by atoms with Crippen LogP contribution in [0.1, 0.15) is 0 Å². The number of hydrogen-bond acceptors (Lipinski definition) is 0. The fraction of sp³-hybridized carbons (Fsp3) is 0. The van der Waals surface area contributed by atoms with Gasteiger partial charge in [0.15, 0.2) is 0 Å². The summed E-state index contributed by atoms with van der Waals surface area (Å²) < 4.78 is 0. The topological polar surface area (TPSA) is 0 Å². The Labute approximate surface area is 193 Å². The van der Waals surface area contributed by atoms with Crippen molar-refractivity contribution in [1.29, 1.82) is 0 Å². The van der Waals surface area contributed by atoms with Gasteiger partial charge in [-0.3, -0.25) is 0 Å². The van der Waals surface area contributed by atoms with Crippen LogP contribution in [0.4, 0.5) is 0 Å². The molecule has 0 unspecified atom stereocenters. The molecule has 0 aromatic heterocycles. The van der Waals surface area contributed by atoms with Crippen molar-refractivity contribution in [2.24, 2.45) is 0 Å². The zero-order valence-corrected chi connectivity index (χ0v) is 19.7. The van der Waals surface area contributed by atoms with Gasteiger partial charge in [-0.25, -0.2) is 0 Å². The zero-order chi connectivity index (χ0) is 21.4. The second-order valence-electron chi connectivity index (χ2n) is 8.16. The first-order valence-corrected chi connectivity index (χ1v) is 14.4. The van der Waals surface area contributed by atoms with Crippen molar-refractivity contribution in [3.63, 3.8) is 0 Å². The van der Waals surface area contributed by atoms with Crippen molar-refractivity contribution >= 4 is 34.4 Å². The summed E-state index contributed by atoms with van der Waals surface area (Å²) in [6.45, 7) is 0. The third kappa shape index (κ3) is 2.84. The molecule has 0 aliphatic carbocycles. The smallest absolute Gasteiger partial charge is 0.133 e. The van der Waals surface area contributed by atoms with Gasteiger partial charge >= 0.3 is 0 Å². The highest BCUT2D eigenvalue weighted by molar-refractivity contribution is 8.34. The standard InChI is InChI=1S/C30H24SSi/c1-4-14-24(15-5-1)31(25-16-6-2-7-17-25)27-20-10-12-22-29(27)32(26-18-8-3-9-19-26)30-23-13-11-21-28(30)31/h1-23,32H. The van der Waals surface area contributed by atoms with Crippen LogP contribution in [0.3, 0.4) is 0 Å². The van der Waals surface area contributed by atoms with Gasteiger partial charge in [-0.1, -0.05) is 108 Å². The molecular weight excluding hydrogens is 420 g/mol. The van der Waals surface area contributed by atoms with Gasteiger partial charge in [0.2, 0.25) is 0 Å². The summed E-state index contributed by atoms with van der Waals surface area (Å²) in [5.41, 5.74) is 0. The summed E-state index contributed by atoms with van der Waals surface area (Å²) in [4.78, 5) is 5.84. The van der Waals surface area contributed by atoms with Gasteiger partial charge in [-0.05, 0) is 46.8 Å². The molecule has 0 nitrogen and oxygen atoms in total. The zero-order valence-electron chi connectivity index (χ0n) is 17.8. The van der Waals surface area contributed by atoms with Crippen LogP contribution in [0.25, 0.3) is 0 Å². The molecule has 0 fully saturated rings. The Morgan fingerprint density at radius 3 is 1.22 bits per heavy atom. The molecule has 32 heavy (non-hydrogen) atoms. The summed E-state index contributed by atoms with van der Waals surface area (Å²) in [5, 5.41) is 4.60. The van der Waals surface area contributed by atoms with Crippen LogP contribution in [0.5, 0.6) is 0 Å². The summed E-state index contributed by atoms with van der Waals surface area (Å²) in [6, 6.07) is 52.1. The fourth-order valence-electron chi connectivity index (χ4n) is 5.18. The van der Waals surface area contributed by atoms with Crippen LogP contribution < -0.4 is 15.6 Å². The lowest BCUT2D eigenvalue weighted by Gasteiger charge is -2.48. The number of benzene rings is 5. The molecule has 0 N–H and O–H groups in total. The van der Waals surface area contributed by atoms with Crippen molar-refractivity contribution in [2.75, 3.05) is 0 Å². The lowest BCUT2D eigenvalue weighted by Crippen LogP contribution is -2.56. The summed E-state index contributed by atoms with van der Waals surface area (Å²) in [5.74, 6) is 0. The predicted molar refractivity (Wildman–Crippen MR) is 139 cm³/mol. The van der Waals surface area contributed by atoms with Crippen LogP contribution in [0.2, 0.25) is 0 Å². The van der Waals surface area contributed by atoms with Gasteiger partial charge in [0.05, 0.1) is 0 Å². The Hall–Kier alpha value is -3.33. The second-order valence-corrected chi connectivity index (χ2v) is 14.0. The molecule has 1 heterocycles. The van der Waals surface area contributed by atoms with Gasteiger partial charge in [0, 0.05) is 19.6 Å². The minimum atomic E-state index is -1.59. The highest BCUT2D eigenvalue weighted by Gasteiger charge is 2.43. The Balaban J connectivity index is 1.78. The number of rotatable bonds is 3. The van der Waals surface area contributed by atoms with Crippen LogP contribution >= 0.6 is 10.0 Å². The Kier molecular flexibility index (Phi) is 4.83. The normalized spacial score (nSPS) is 15.4. The van der Waals surface area contributed by atoms with Gasteiger partial charge in [-0.2, -0.15) is 0 Å². The largest absolute Gasteiger partial charge is 0.135 e. The molecule has 0 amide bonds. The molecular formula is C30H24SSi. The number of hydrogen-bond donors (Lipinski definition) is 0. The maximum atomic E-state index is 2.41. The Bertz CT molecular complexity index is 1280. The first kappa shape index (κ1) is 19.4. The van der Waals surface area contributed by atoms with E-state index in [-0.39, 0.29) is 0 Å². The lowest BCUT2D eigenvalue weighted by molar-refractivity contribution is 1.25. The minimum absolute atomic E-state index is 1.41. The molecule has 0 spiro atoms. The third-order valence-electron chi connectivity index (χ3n) is 6.45. The molecule has 0 saturated heterocycles. The van der Waals surface area contributed by atoms with Crippen LogP contribution in [-0.2, 0) is 0 Å². The lowest BCUT2D eigenvalue weighted by atomic mass is 10.3. The van der Waals surface area contributed by atoms with E-state index < -0.39 is 18.8 Å². The van der Waals surface area contributed by atoms with E-state index in [4.69, 9.17) is 0 Å². The molecule has 5 aromatic carbocycles. The maximum absolute atomic E-state index is 2.41. The van der Waals surface area contributed by atoms with Gasteiger partial charge in [0.25, 0.3) is 0 Å². The van der Waals surface area contributed by atoms with Crippen LogP contribution in [-0.4, -0.2) is 8.80 Å². The van der Waals surface area contributed by atoms with Crippen molar-refractivity contribution in [1.82, 2.24) is 0 Å². The first-order valence-electron chi connectivity index (χ1n) is 11.1. The molecule has 0 atom stereocenters. The van der Waals surface area contributed by atoms with E-state index in [1.54, 1.807) is 10.4 Å². The van der Waals surface area contributed by atoms with Gasteiger partial charge < -0.3 is 0 Å². The number of fused-ring (bicyclic) bond motifs is 2. The molecule has 1 aliphatic heterocycles.